The molecule has 0 radical (unpaired) electrons. The van der Waals surface area contributed by atoms with E-state index in [-0.39, 0.29) is 0 Å². The lowest BCUT2D eigenvalue weighted by Gasteiger charge is -2.32. The molecule has 3 heteroatoms. The van der Waals surface area contributed by atoms with Gasteiger partial charge >= 0.3 is 0 Å². The number of nitrogens with two attached hydrogens (primary N) is 1. The van der Waals surface area contributed by atoms with Crippen LogP contribution in [0.1, 0.15) is 39.0 Å². The SMILES string of the molecule is CC1CN(C2CCCCC2)C(N)=N1. The van der Waals surface area contributed by atoms with Crippen LogP contribution in [-0.2, 0) is 0 Å². The summed E-state index contributed by atoms with van der Waals surface area (Å²) in [6.07, 6.45) is 6.74. The van der Waals surface area contributed by atoms with Gasteiger partial charge in [0, 0.05) is 12.6 Å². The fourth-order valence-corrected chi connectivity index (χ4v) is 2.45. The summed E-state index contributed by atoms with van der Waals surface area (Å²) in [7, 11) is 0. The molecule has 1 heterocycles. The Kier molecular flexibility index (Phi) is 2.42. The lowest BCUT2D eigenvalue weighted by Crippen LogP contribution is -2.43. The van der Waals surface area contributed by atoms with Gasteiger partial charge in [-0.25, -0.2) is 4.99 Å². The van der Waals surface area contributed by atoms with Crippen LogP contribution in [0, 0.1) is 0 Å². The van der Waals surface area contributed by atoms with Crippen molar-refractivity contribution in [3.05, 3.63) is 0 Å². The van der Waals surface area contributed by atoms with Crippen LogP contribution in [0.15, 0.2) is 4.99 Å². The minimum absolute atomic E-state index is 0.405. The summed E-state index contributed by atoms with van der Waals surface area (Å²) in [5.41, 5.74) is 5.88. The monoisotopic (exact) mass is 181 g/mol. The van der Waals surface area contributed by atoms with Crippen molar-refractivity contribution in [2.45, 2.75) is 51.1 Å². The Labute approximate surface area is 80.0 Å². The van der Waals surface area contributed by atoms with Crippen LogP contribution in [0.25, 0.3) is 0 Å². The first-order valence-electron chi connectivity index (χ1n) is 5.37. The zero-order chi connectivity index (χ0) is 9.26. The summed E-state index contributed by atoms with van der Waals surface area (Å²) < 4.78 is 0. The van der Waals surface area contributed by atoms with Gasteiger partial charge in [-0.3, -0.25) is 0 Å². The molecule has 2 rings (SSSR count). The maximum Gasteiger partial charge on any atom is 0.191 e. The highest BCUT2D eigenvalue weighted by molar-refractivity contribution is 5.80. The van der Waals surface area contributed by atoms with Crippen molar-refractivity contribution in [2.24, 2.45) is 10.7 Å². The largest absolute Gasteiger partial charge is 0.370 e. The van der Waals surface area contributed by atoms with Crippen molar-refractivity contribution in [2.75, 3.05) is 6.54 Å². The van der Waals surface area contributed by atoms with Gasteiger partial charge in [0.05, 0.1) is 6.04 Å². The minimum atomic E-state index is 0.405. The molecule has 0 spiro atoms. The molecule has 0 aromatic heterocycles. The maximum atomic E-state index is 5.88. The van der Waals surface area contributed by atoms with Crippen molar-refractivity contribution in [1.82, 2.24) is 4.90 Å². The van der Waals surface area contributed by atoms with E-state index in [0.717, 1.165) is 12.5 Å². The molecule has 13 heavy (non-hydrogen) atoms. The molecule has 2 aliphatic rings. The topological polar surface area (TPSA) is 41.6 Å². The second-order valence-corrected chi connectivity index (χ2v) is 4.28. The predicted octanol–water partition coefficient (Wildman–Crippen LogP) is 1.34. The van der Waals surface area contributed by atoms with Crippen LogP contribution >= 0.6 is 0 Å². The van der Waals surface area contributed by atoms with Crippen molar-refractivity contribution in [1.29, 1.82) is 0 Å². The molecule has 1 unspecified atom stereocenters. The lowest BCUT2D eigenvalue weighted by atomic mass is 9.94. The zero-order valence-corrected chi connectivity index (χ0v) is 8.37. The highest BCUT2D eigenvalue weighted by Gasteiger charge is 2.27. The molecule has 74 valence electrons. The molecular weight excluding hydrogens is 162 g/mol. The lowest BCUT2D eigenvalue weighted by molar-refractivity contribution is 0.250. The third-order valence-electron chi connectivity index (χ3n) is 3.12. The molecule has 0 saturated heterocycles. The molecule has 0 bridgehead atoms. The van der Waals surface area contributed by atoms with E-state index >= 15 is 0 Å². The van der Waals surface area contributed by atoms with E-state index in [1.807, 2.05) is 0 Å². The average molecular weight is 181 g/mol. The first kappa shape index (κ1) is 8.85. The predicted molar refractivity (Wildman–Crippen MR) is 54.7 cm³/mol. The summed E-state index contributed by atoms with van der Waals surface area (Å²) in [5, 5.41) is 0. The first-order valence-corrected chi connectivity index (χ1v) is 5.37. The van der Waals surface area contributed by atoms with Gasteiger partial charge in [-0.1, -0.05) is 19.3 Å². The number of rotatable bonds is 1. The Balaban J connectivity index is 1.97. The molecule has 0 aromatic carbocycles. The smallest absolute Gasteiger partial charge is 0.191 e. The molecule has 0 amide bonds. The van der Waals surface area contributed by atoms with Crippen LogP contribution in [-0.4, -0.2) is 29.5 Å². The molecule has 1 atom stereocenters. The maximum absolute atomic E-state index is 5.88. The number of hydrogen-bond acceptors (Lipinski definition) is 3. The summed E-state index contributed by atoms with van der Waals surface area (Å²) in [6.45, 7) is 3.17. The average Bonchev–Trinajstić information content (AvgIpc) is 2.47. The van der Waals surface area contributed by atoms with E-state index in [4.69, 9.17) is 5.73 Å². The molecule has 2 N–H and O–H groups in total. The molecule has 0 aromatic rings. The van der Waals surface area contributed by atoms with Crippen molar-refractivity contribution in [3.63, 3.8) is 0 Å². The Hall–Kier alpha value is -0.730. The van der Waals surface area contributed by atoms with Crippen LogP contribution in [0.2, 0.25) is 0 Å². The van der Waals surface area contributed by atoms with Crippen molar-refractivity contribution < 1.29 is 0 Å². The Morgan fingerprint density at radius 2 is 2.00 bits per heavy atom. The van der Waals surface area contributed by atoms with Crippen molar-refractivity contribution >= 4 is 5.96 Å². The van der Waals surface area contributed by atoms with E-state index in [0.29, 0.717) is 12.1 Å². The van der Waals surface area contributed by atoms with Crippen LogP contribution in [0.4, 0.5) is 0 Å². The first-order chi connectivity index (χ1) is 6.27. The Morgan fingerprint density at radius 1 is 1.31 bits per heavy atom. The fraction of sp³-hybridized carbons (Fsp3) is 0.900. The summed E-state index contributed by atoms with van der Waals surface area (Å²) in [5.74, 6) is 0.777. The van der Waals surface area contributed by atoms with Gasteiger partial charge in [0.25, 0.3) is 0 Å². The van der Waals surface area contributed by atoms with Gasteiger partial charge < -0.3 is 10.6 Å². The van der Waals surface area contributed by atoms with Crippen LogP contribution in [0.3, 0.4) is 0 Å². The normalized spacial score (nSPS) is 30.7. The highest BCUT2D eigenvalue weighted by atomic mass is 15.3. The molecule has 1 aliphatic carbocycles. The van der Waals surface area contributed by atoms with E-state index < -0.39 is 0 Å². The van der Waals surface area contributed by atoms with Gasteiger partial charge in [0.15, 0.2) is 5.96 Å². The van der Waals surface area contributed by atoms with E-state index in [9.17, 15) is 0 Å². The fourth-order valence-electron chi connectivity index (χ4n) is 2.45. The van der Waals surface area contributed by atoms with Crippen LogP contribution < -0.4 is 5.73 Å². The second-order valence-electron chi connectivity index (χ2n) is 4.28. The quantitative estimate of drug-likeness (QED) is 0.663. The third-order valence-corrected chi connectivity index (χ3v) is 3.12. The summed E-state index contributed by atoms with van der Waals surface area (Å²) >= 11 is 0. The minimum Gasteiger partial charge on any atom is -0.370 e. The van der Waals surface area contributed by atoms with E-state index in [1.165, 1.54) is 32.1 Å². The Morgan fingerprint density at radius 3 is 2.54 bits per heavy atom. The van der Waals surface area contributed by atoms with Gasteiger partial charge in [0.2, 0.25) is 0 Å². The van der Waals surface area contributed by atoms with Gasteiger partial charge in [-0.05, 0) is 19.8 Å². The Bertz CT molecular complexity index is 206. The molecule has 1 saturated carbocycles. The highest BCUT2D eigenvalue weighted by Crippen LogP contribution is 2.24. The van der Waals surface area contributed by atoms with E-state index in [1.54, 1.807) is 0 Å². The standard InChI is InChI=1S/C10H19N3/c1-8-7-13(10(11)12-8)9-5-3-2-4-6-9/h8-9H,2-7H2,1H3,(H2,11,12). The zero-order valence-electron chi connectivity index (χ0n) is 8.37. The number of aliphatic imine (C=N–C) groups is 1. The molecule has 1 aliphatic heterocycles. The van der Waals surface area contributed by atoms with Crippen molar-refractivity contribution in [3.8, 4) is 0 Å². The van der Waals surface area contributed by atoms with Gasteiger partial charge in [0.1, 0.15) is 0 Å². The second kappa shape index (κ2) is 3.56. The van der Waals surface area contributed by atoms with Gasteiger partial charge in [-0.15, -0.1) is 0 Å². The number of hydrogen-bond donors (Lipinski definition) is 1. The molecule has 3 nitrogen and oxygen atoms in total. The molecular formula is C10H19N3. The van der Waals surface area contributed by atoms with Crippen LogP contribution in [0.5, 0.6) is 0 Å². The third kappa shape index (κ3) is 1.79. The van der Waals surface area contributed by atoms with E-state index in [2.05, 4.69) is 16.8 Å². The number of guanidine groups is 1. The summed E-state index contributed by atoms with van der Waals surface area (Å²) in [4.78, 5) is 6.68. The van der Waals surface area contributed by atoms with Gasteiger partial charge in [-0.2, -0.15) is 0 Å². The number of nitrogens with zero attached hydrogens (tertiary/aromatic N) is 2. The summed E-state index contributed by atoms with van der Waals surface area (Å²) in [6, 6.07) is 1.09. The molecule has 1 fully saturated rings.